The van der Waals surface area contributed by atoms with Gasteiger partial charge in [-0.15, -0.1) is 24.0 Å². The number of guanidine groups is 1. The summed E-state index contributed by atoms with van der Waals surface area (Å²) in [5.41, 5.74) is 0.857. The van der Waals surface area contributed by atoms with Crippen molar-refractivity contribution in [3.63, 3.8) is 0 Å². The van der Waals surface area contributed by atoms with E-state index >= 15 is 0 Å². The lowest BCUT2D eigenvalue weighted by Gasteiger charge is -2.13. The van der Waals surface area contributed by atoms with E-state index in [1.807, 2.05) is 6.92 Å². The number of carbonyl (C=O) groups excluding carboxylic acids is 1. The lowest BCUT2D eigenvalue weighted by molar-refractivity contribution is -0.127. The second-order valence-corrected chi connectivity index (χ2v) is 5.30. The summed E-state index contributed by atoms with van der Waals surface area (Å²) >= 11 is 5.98. The van der Waals surface area contributed by atoms with Crippen molar-refractivity contribution in [1.29, 1.82) is 0 Å². The molecule has 1 aromatic rings. The molecule has 0 aromatic heterocycles. The number of likely N-dealkylation sites (N-methyl/N-ethyl adjacent to an activating group) is 1. The Labute approximate surface area is 158 Å². The van der Waals surface area contributed by atoms with Crippen LogP contribution in [0.5, 0.6) is 0 Å². The van der Waals surface area contributed by atoms with Gasteiger partial charge in [0.2, 0.25) is 5.91 Å². The number of hydrogen-bond acceptors (Lipinski definition) is 2. The number of halogens is 3. The number of hydrogen-bond donors (Lipinski definition) is 2. The van der Waals surface area contributed by atoms with Gasteiger partial charge in [-0.1, -0.05) is 17.7 Å². The first-order valence-corrected chi connectivity index (χ1v) is 7.48. The molecule has 0 atom stereocenters. The zero-order valence-corrected chi connectivity index (χ0v) is 16.6. The van der Waals surface area contributed by atoms with Gasteiger partial charge in [0.05, 0.1) is 0 Å². The highest BCUT2D eigenvalue weighted by Crippen LogP contribution is 2.17. The Kier molecular flexibility index (Phi) is 10.9. The van der Waals surface area contributed by atoms with E-state index in [1.165, 1.54) is 17.0 Å². The van der Waals surface area contributed by atoms with Crippen molar-refractivity contribution in [3.05, 3.63) is 34.6 Å². The minimum absolute atomic E-state index is 0. The highest BCUT2D eigenvalue weighted by Gasteiger charge is 2.05. The first kappa shape index (κ1) is 21.9. The summed E-state index contributed by atoms with van der Waals surface area (Å²) in [6.45, 7) is 3.30. The van der Waals surface area contributed by atoms with Crippen molar-refractivity contribution < 1.29 is 9.18 Å². The summed E-state index contributed by atoms with van der Waals surface area (Å²) in [5, 5.41) is 6.59. The number of aliphatic imine (C=N–C) groups is 1. The van der Waals surface area contributed by atoms with E-state index < -0.39 is 0 Å². The molecule has 0 aliphatic rings. The standard InChI is InChI=1S/C15H22ClFN4O.HI/c1-4-18-15(20-10-14(22)21(2)3)19-8-7-11-5-6-12(17)9-13(11)16;/h5-6,9H,4,7-8,10H2,1-3H3,(H2,18,19,20);1H. The largest absolute Gasteiger partial charge is 0.357 e. The number of benzene rings is 1. The van der Waals surface area contributed by atoms with E-state index in [1.54, 1.807) is 20.2 Å². The summed E-state index contributed by atoms with van der Waals surface area (Å²) in [4.78, 5) is 17.2. The van der Waals surface area contributed by atoms with Gasteiger partial charge >= 0.3 is 0 Å². The molecule has 0 saturated carbocycles. The average molecular weight is 457 g/mol. The minimum atomic E-state index is -0.348. The smallest absolute Gasteiger partial charge is 0.243 e. The predicted octanol–water partition coefficient (Wildman–Crippen LogP) is 2.28. The molecule has 130 valence electrons. The van der Waals surface area contributed by atoms with Crippen LogP contribution >= 0.6 is 35.6 Å². The summed E-state index contributed by atoms with van der Waals surface area (Å²) in [6.07, 6.45) is 0.630. The van der Waals surface area contributed by atoms with Gasteiger partial charge < -0.3 is 15.5 Å². The lowest BCUT2D eigenvalue weighted by atomic mass is 10.1. The van der Waals surface area contributed by atoms with Crippen LogP contribution in [-0.2, 0) is 11.2 Å². The first-order valence-electron chi connectivity index (χ1n) is 7.10. The molecule has 2 N–H and O–H groups in total. The zero-order valence-electron chi connectivity index (χ0n) is 13.5. The van der Waals surface area contributed by atoms with Crippen LogP contribution in [0.4, 0.5) is 4.39 Å². The molecule has 0 aliphatic heterocycles. The van der Waals surface area contributed by atoms with Gasteiger partial charge in [0.1, 0.15) is 12.4 Å². The van der Waals surface area contributed by atoms with Gasteiger partial charge in [0.15, 0.2) is 5.96 Å². The van der Waals surface area contributed by atoms with Crippen LogP contribution in [0.25, 0.3) is 0 Å². The molecule has 1 aromatic carbocycles. The van der Waals surface area contributed by atoms with Crippen molar-refractivity contribution in [2.24, 2.45) is 4.99 Å². The van der Waals surface area contributed by atoms with Crippen molar-refractivity contribution in [3.8, 4) is 0 Å². The normalized spacial score (nSPS) is 10.7. The number of rotatable bonds is 6. The third kappa shape index (κ3) is 8.36. The van der Waals surface area contributed by atoms with E-state index in [0.29, 0.717) is 30.5 Å². The fourth-order valence-electron chi connectivity index (χ4n) is 1.67. The van der Waals surface area contributed by atoms with Gasteiger partial charge in [0.25, 0.3) is 0 Å². The molecule has 0 saturated heterocycles. The fourth-order valence-corrected chi connectivity index (χ4v) is 1.93. The van der Waals surface area contributed by atoms with Crippen LogP contribution in [0.2, 0.25) is 5.02 Å². The number of nitrogens with zero attached hydrogens (tertiary/aromatic N) is 2. The third-order valence-corrected chi connectivity index (χ3v) is 3.27. The zero-order chi connectivity index (χ0) is 16.5. The molecule has 0 aliphatic carbocycles. The molecule has 0 spiro atoms. The number of amides is 1. The third-order valence-electron chi connectivity index (χ3n) is 2.92. The Hall–Kier alpha value is -1.09. The molecule has 1 amide bonds. The molecule has 0 bridgehead atoms. The Morgan fingerprint density at radius 2 is 2.04 bits per heavy atom. The Bertz CT molecular complexity index is 540. The molecule has 0 heterocycles. The summed E-state index contributed by atoms with van der Waals surface area (Å²) in [6, 6.07) is 4.35. The molecule has 0 fully saturated rings. The summed E-state index contributed by atoms with van der Waals surface area (Å²) in [5.74, 6) is 0.147. The Morgan fingerprint density at radius 1 is 1.35 bits per heavy atom. The van der Waals surface area contributed by atoms with Crippen molar-refractivity contribution in [2.75, 3.05) is 33.7 Å². The first-order chi connectivity index (χ1) is 10.4. The van der Waals surface area contributed by atoms with E-state index in [0.717, 1.165) is 5.56 Å². The lowest BCUT2D eigenvalue weighted by Crippen LogP contribution is -2.39. The van der Waals surface area contributed by atoms with E-state index in [4.69, 9.17) is 11.6 Å². The molecule has 1 rings (SSSR count). The van der Waals surface area contributed by atoms with Crippen LogP contribution in [0, 0.1) is 5.82 Å². The summed E-state index contributed by atoms with van der Waals surface area (Å²) in [7, 11) is 3.38. The van der Waals surface area contributed by atoms with Crippen molar-refractivity contribution in [1.82, 2.24) is 15.5 Å². The molecule has 0 unspecified atom stereocenters. The van der Waals surface area contributed by atoms with Crippen LogP contribution in [0.15, 0.2) is 23.2 Å². The SMILES string of the molecule is CCNC(=NCC(=O)N(C)C)NCCc1ccc(F)cc1Cl.I. The van der Waals surface area contributed by atoms with Crippen molar-refractivity contribution in [2.45, 2.75) is 13.3 Å². The second-order valence-electron chi connectivity index (χ2n) is 4.90. The fraction of sp³-hybridized carbons (Fsp3) is 0.467. The Morgan fingerprint density at radius 3 is 2.61 bits per heavy atom. The van der Waals surface area contributed by atoms with Crippen LogP contribution in [-0.4, -0.2) is 50.5 Å². The van der Waals surface area contributed by atoms with Gasteiger partial charge in [-0.3, -0.25) is 4.79 Å². The minimum Gasteiger partial charge on any atom is -0.357 e. The predicted molar refractivity (Wildman–Crippen MR) is 103 cm³/mol. The van der Waals surface area contributed by atoms with Gasteiger partial charge in [-0.2, -0.15) is 0 Å². The van der Waals surface area contributed by atoms with Crippen LogP contribution < -0.4 is 10.6 Å². The van der Waals surface area contributed by atoms with Gasteiger partial charge in [0, 0.05) is 32.2 Å². The molecule has 0 radical (unpaired) electrons. The van der Waals surface area contributed by atoms with Gasteiger partial charge in [-0.05, 0) is 31.0 Å². The van der Waals surface area contributed by atoms with E-state index in [2.05, 4.69) is 15.6 Å². The highest BCUT2D eigenvalue weighted by atomic mass is 127. The molecular formula is C15H23ClFIN4O. The topological polar surface area (TPSA) is 56.7 Å². The monoisotopic (exact) mass is 456 g/mol. The van der Waals surface area contributed by atoms with Crippen LogP contribution in [0.1, 0.15) is 12.5 Å². The molecule has 5 nitrogen and oxygen atoms in total. The molecular weight excluding hydrogens is 434 g/mol. The second kappa shape index (κ2) is 11.4. The van der Waals surface area contributed by atoms with E-state index in [-0.39, 0.29) is 42.2 Å². The number of nitrogens with one attached hydrogen (secondary N) is 2. The number of carbonyl (C=O) groups is 1. The average Bonchev–Trinajstić information content (AvgIpc) is 2.46. The van der Waals surface area contributed by atoms with Crippen molar-refractivity contribution >= 4 is 47.4 Å². The van der Waals surface area contributed by atoms with E-state index in [9.17, 15) is 9.18 Å². The maximum Gasteiger partial charge on any atom is 0.243 e. The summed E-state index contributed by atoms with van der Waals surface area (Å²) < 4.78 is 13.0. The Balaban J connectivity index is 0.00000484. The quantitative estimate of drug-likeness (QED) is 0.392. The maximum atomic E-state index is 13.0. The molecule has 23 heavy (non-hydrogen) atoms. The van der Waals surface area contributed by atoms with Crippen LogP contribution in [0.3, 0.4) is 0 Å². The van der Waals surface area contributed by atoms with Gasteiger partial charge in [-0.25, -0.2) is 9.38 Å². The molecule has 8 heteroatoms. The maximum absolute atomic E-state index is 13.0. The highest BCUT2D eigenvalue weighted by molar-refractivity contribution is 14.0.